The quantitative estimate of drug-likeness (QED) is 0.664. The lowest BCUT2D eigenvalue weighted by molar-refractivity contribution is 0.624. The summed E-state index contributed by atoms with van der Waals surface area (Å²) in [6.07, 6.45) is 0. The number of nitrogens with zero attached hydrogens (tertiary/aromatic N) is 3. The van der Waals surface area contributed by atoms with Crippen molar-refractivity contribution in [1.29, 1.82) is 5.26 Å². The van der Waals surface area contributed by atoms with Gasteiger partial charge in [-0.15, -0.1) is 0 Å². The molecule has 0 atom stereocenters. The highest BCUT2D eigenvalue weighted by Crippen LogP contribution is 2.32. The average molecular weight is 340 g/mol. The molecule has 3 rings (SSSR count). The van der Waals surface area contributed by atoms with Crippen LogP contribution in [-0.4, -0.2) is 9.55 Å². The van der Waals surface area contributed by atoms with Crippen molar-refractivity contribution in [3.8, 4) is 17.5 Å². The van der Waals surface area contributed by atoms with Crippen LogP contribution in [0.5, 0.6) is 0 Å². The first-order valence-electron chi connectivity index (χ1n) is 6.79. The van der Waals surface area contributed by atoms with Crippen LogP contribution < -0.4 is 0 Å². The molecule has 0 amide bonds. The molecule has 0 saturated heterocycles. The SMILES string of the molecule is CC(C)n1c(-c2ccccc2Br)nc2cc(C#N)ccc21. The van der Waals surface area contributed by atoms with E-state index < -0.39 is 0 Å². The van der Waals surface area contributed by atoms with Crippen molar-refractivity contribution in [1.82, 2.24) is 9.55 Å². The standard InChI is InChI=1S/C17H14BrN3/c1-11(2)21-16-8-7-12(10-19)9-15(16)20-17(21)13-5-3-4-6-14(13)18/h3-9,11H,1-2H3. The fraction of sp³-hybridized carbons (Fsp3) is 0.176. The predicted molar refractivity (Wildman–Crippen MR) is 88.0 cm³/mol. The van der Waals surface area contributed by atoms with Crippen molar-refractivity contribution < 1.29 is 0 Å². The van der Waals surface area contributed by atoms with Gasteiger partial charge in [0.2, 0.25) is 0 Å². The third kappa shape index (κ3) is 2.34. The monoisotopic (exact) mass is 339 g/mol. The van der Waals surface area contributed by atoms with Gasteiger partial charge in [0.05, 0.1) is 22.7 Å². The molecule has 0 fully saturated rings. The van der Waals surface area contributed by atoms with Crippen LogP contribution in [-0.2, 0) is 0 Å². The molecule has 1 heterocycles. The van der Waals surface area contributed by atoms with Crippen molar-refractivity contribution in [3.63, 3.8) is 0 Å². The van der Waals surface area contributed by atoms with E-state index in [1.165, 1.54) is 0 Å². The summed E-state index contributed by atoms with van der Waals surface area (Å²) in [4.78, 5) is 4.76. The number of aromatic nitrogens is 2. The molecule has 2 aromatic carbocycles. The van der Waals surface area contributed by atoms with Gasteiger partial charge >= 0.3 is 0 Å². The molecule has 21 heavy (non-hydrogen) atoms. The van der Waals surface area contributed by atoms with Gasteiger partial charge in [-0.2, -0.15) is 5.26 Å². The first-order chi connectivity index (χ1) is 10.1. The fourth-order valence-electron chi connectivity index (χ4n) is 2.52. The number of fused-ring (bicyclic) bond motifs is 1. The number of imidazole rings is 1. The van der Waals surface area contributed by atoms with E-state index in [2.05, 4.69) is 46.5 Å². The lowest BCUT2D eigenvalue weighted by Crippen LogP contribution is -2.03. The Kier molecular flexibility index (Phi) is 3.52. The van der Waals surface area contributed by atoms with Gasteiger partial charge in [0.25, 0.3) is 0 Å². The maximum absolute atomic E-state index is 9.05. The molecule has 3 nitrogen and oxygen atoms in total. The first kappa shape index (κ1) is 13.8. The molecule has 0 radical (unpaired) electrons. The summed E-state index contributed by atoms with van der Waals surface area (Å²) >= 11 is 3.60. The van der Waals surface area contributed by atoms with Crippen LogP contribution in [0.2, 0.25) is 0 Å². The highest BCUT2D eigenvalue weighted by atomic mass is 79.9. The maximum atomic E-state index is 9.05. The highest BCUT2D eigenvalue weighted by Gasteiger charge is 2.16. The number of nitriles is 1. The van der Waals surface area contributed by atoms with E-state index in [0.717, 1.165) is 26.9 Å². The summed E-state index contributed by atoms with van der Waals surface area (Å²) in [7, 11) is 0. The molecule has 0 N–H and O–H groups in total. The largest absolute Gasteiger partial charge is 0.321 e. The third-order valence-electron chi connectivity index (χ3n) is 3.45. The second kappa shape index (κ2) is 5.34. The second-order valence-electron chi connectivity index (χ2n) is 5.19. The molecule has 3 aromatic rings. The molecular weight excluding hydrogens is 326 g/mol. The molecule has 104 valence electrons. The summed E-state index contributed by atoms with van der Waals surface area (Å²) in [6, 6.07) is 16.2. The van der Waals surface area contributed by atoms with E-state index in [0.29, 0.717) is 5.56 Å². The molecule has 0 spiro atoms. The van der Waals surface area contributed by atoms with E-state index in [1.54, 1.807) is 0 Å². The molecule has 0 saturated carbocycles. The molecule has 0 aliphatic heterocycles. The van der Waals surface area contributed by atoms with E-state index in [9.17, 15) is 0 Å². The Morgan fingerprint density at radius 3 is 2.62 bits per heavy atom. The zero-order chi connectivity index (χ0) is 15.0. The Balaban J connectivity index is 2.35. The smallest absolute Gasteiger partial charge is 0.142 e. The lowest BCUT2D eigenvalue weighted by atomic mass is 10.2. The van der Waals surface area contributed by atoms with Gasteiger partial charge in [0.15, 0.2) is 0 Å². The summed E-state index contributed by atoms with van der Waals surface area (Å²) in [5.41, 5.74) is 3.60. The van der Waals surface area contributed by atoms with Crippen LogP contribution in [0, 0.1) is 11.3 Å². The zero-order valence-electron chi connectivity index (χ0n) is 11.8. The number of hydrogen-bond donors (Lipinski definition) is 0. The minimum atomic E-state index is 0.282. The Morgan fingerprint density at radius 1 is 1.19 bits per heavy atom. The van der Waals surface area contributed by atoms with Crippen LogP contribution in [0.3, 0.4) is 0 Å². The van der Waals surface area contributed by atoms with Crippen molar-refractivity contribution in [2.24, 2.45) is 0 Å². The fourth-order valence-corrected chi connectivity index (χ4v) is 2.99. The summed E-state index contributed by atoms with van der Waals surface area (Å²) < 4.78 is 3.22. The van der Waals surface area contributed by atoms with Gasteiger partial charge in [0, 0.05) is 16.1 Å². The molecule has 4 heteroatoms. The van der Waals surface area contributed by atoms with Gasteiger partial charge in [-0.3, -0.25) is 0 Å². The van der Waals surface area contributed by atoms with Gasteiger partial charge in [-0.1, -0.05) is 34.1 Å². The molecule has 0 aliphatic rings. The van der Waals surface area contributed by atoms with E-state index in [4.69, 9.17) is 10.2 Å². The zero-order valence-corrected chi connectivity index (χ0v) is 13.4. The van der Waals surface area contributed by atoms with Crippen molar-refractivity contribution >= 4 is 27.0 Å². The molecular formula is C17H14BrN3. The Bertz CT molecular complexity index is 856. The van der Waals surface area contributed by atoms with E-state index >= 15 is 0 Å². The van der Waals surface area contributed by atoms with Crippen LogP contribution in [0.1, 0.15) is 25.5 Å². The first-order valence-corrected chi connectivity index (χ1v) is 7.58. The predicted octanol–water partition coefficient (Wildman–Crippen LogP) is 4.92. The number of halogens is 1. The van der Waals surface area contributed by atoms with Crippen LogP contribution in [0.15, 0.2) is 46.9 Å². The molecule has 0 bridgehead atoms. The number of benzene rings is 2. The topological polar surface area (TPSA) is 41.6 Å². The van der Waals surface area contributed by atoms with Crippen LogP contribution in [0.25, 0.3) is 22.4 Å². The third-order valence-corrected chi connectivity index (χ3v) is 4.14. The minimum absolute atomic E-state index is 0.282. The Hall–Kier alpha value is -2.12. The van der Waals surface area contributed by atoms with Crippen molar-refractivity contribution in [2.75, 3.05) is 0 Å². The summed E-state index contributed by atoms with van der Waals surface area (Å²) in [5.74, 6) is 0.919. The van der Waals surface area contributed by atoms with Crippen molar-refractivity contribution in [2.45, 2.75) is 19.9 Å². The van der Waals surface area contributed by atoms with E-state index in [1.807, 2.05) is 36.4 Å². The number of hydrogen-bond acceptors (Lipinski definition) is 2. The van der Waals surface area contributed by atoms with Gasteiger partial charge in [-0.25, -0.2) is 4.98 Å². The highest BCUT2D eigenvalue weighted by molar-refractivity contribution is 9.10. The molecule has 0 aliphatic carbocycles. The minimum Gasteiger partial charge on any atom is -0.321 e. The number of rotatable bonds is 2. The van der Waals surface area contributed by atoms with Crippen LogP contribution >= 0.6 is 15.9 Å². The summed E-state index contributed by atoms with van der Waals surface area (Å²) in [5, 5.41) is 9.05. The average Bonchev–Trinajstić information content (AvgIpc) is 2.85. The Labute approximate surface area is 132 Å². The molecule has 0 unspecified atom stereocenters. The van der Waals surface area contributed by atoms with Crippen molar-refractivity contribution in [3.05, 3.63) is 52.5 Å². The lowest BCUT2D eigenvalue weighted by Gasteiger charge is -2.14. The Morgan fingerprint density at radius 2 is 1.95 bits per heavy atom. The molecule has 1 aromatic heterocycles. The van der Waals surface area contributed by atoms with Crippen LogP contribution in [0.4, 0.5) is 0 Å². The van der Waals surface area contributed by atoms with Gasteiger partial charge in [0.1, 0.15) is 5.82 Å². The van der Waals surface area contributed by atoms with Gasteiger partial charge < -0.3 is 4.57 Å². The second-order valence-corrected chi connectivity index (χ2v) is 6.05. The van der Waals surface area contributed by atoms with E-state index in [-0.39, 0.29) is 6.04 Å². The maximum Gasteiger partial charge on any atom is 0.142 e. The summed E-state index contributed by atoms with van der Waals surface area (Å²) in [6.45, 7) is 4.28. The normalized spacial score (nSPS) is 11.0. The van der Waals surface area contributed by atoms with Gasteiger partial charge in [-0.05, 0) is 38.1 Å².